The molecule has 5 nitrogen and oxygen atoms in total. The molecule has 0 aromatic carbocycles. The molecule has 114 valence electrons. The van der Waals surface area contributed by atoms with E-state index in [9.17, 15) is 4.79 Å². The summed E-state index contributed by atoms with van der Waals surface area (Å²) in [4.78, 5) is 11.9. The molecule has 1 aliphatic heterocycles. The lowest BCUT2D eigenvalue weighted by atomic mass is 10.0. The maximum absolute atomic E-state index is 11.9. The summed E-state index contributed by atoms with van der Waals surface area (Å²) in [6.45, 7) is 6.19. The summed E-state index contributed by atoms with van der Waals surface area (Å²) in [5, 5.41) is 10.6. The molecule has 20 heavy (non-hydrogen) atoms. The Morgan fingerprint density at radius 1 is 1.65 bits per heavy atom. The molecule has 1 aromatic rings. The molecular formula is C14H25ClN4O. The minimum Gasteiger partial charge on any atom is -0.349 e. The van der Waals surface area contributed by atoms with Crippen LogP contribution in [0, 0.1) is 12.8 Å². The number of amides is 1. The minimum absolute atomic E-state index is 0. The van der Waals surface area contributed by atoms with Crippen LogP contribution in [0.4, 0.5) is 0 Å². The molecule has 0 radical (unpaired) electrons. The van der Waals surface area contributed by atoms with Crippen molar-refractivity contribution in [3.05, 3.63) is 17.5 Å². The average molecular weight is 301 g/mol. The molecule has 2 unspecified atom stereocenters. The fourth-order valence-electron chi connectivity index (χ4n) is 2.63. The van der Waals surface area contributed by atoms with Gasteiger partial charge in [0.25, 0.3) is 0 Å². The number of aromatic nitrogens is 2. The van der Waals surface area contributed by atoms with Gasteiger partial charge in [-0.25, -0.2) is 0 Å². The van der Waals surface area contributed by atoms with E-state index >= 15 is 0 Å². The van der Waals surface area contributed by atoms with Crippen molar-refractivity contribution in [2.24, 2.45) is 13.0 Å². The van der Waals surface area contributed by atoms with Gasteiger partial charge in [0, 0.05) is 24.7 Å². The SMILES string of the molecule is Cc1c(C(C)NC(=O)CCC2CCNC2)cnn1C.Cl. The second kappa shape index (κ2) is 7.64. The van der Waals surface area contributed by atoms with Crippen LogP contribution < -0.4 is 10.6 Å². The molecular weight excluding hydrogens is 276 g/mol. The van der Waals surface area contributed by atoms with E-state index in [0.29, 0.717) is 12.3 Å². The van der Waals surface area contributed by atoms with Gasteiger partial charge >= 0.3 is 0 Å². The lowest BCUT2D eigenvalue weighted by Gasteiger charge is -2.14. The van der Waals surface area contributed by atoms with E-state index in [1.54, 1.807) is 0 Å². The smallest absolute Gasteiger partial charge is 0.220 e. The summed E-state index contributed by atoms with van der Waals surface area (Å²) in [5.74, 6) is 0.809. The Hall–Kier alpha value is -1.07. The van der Waals surface area contributed by atoms with Crippen molar-refractivity contribution in [2.45, 2.75) is 39.2 Å². The van der Waals surface area contributed by atoms with Crippen molar-refractivity contribution in [2.75, 3.05) is 13.1 Å². The van der Waals surface area contributed by atoms with Crippen molar-refractivity contribution in [1.29, 1.82) is 0 Å². The summed E-state index contributed by atoms with van der Waals surface area (Å²) in [6.07, 6.45) is 4.64. The molecule has 1 aliphatic rings. The second-order valence-electron chi connectivity index (χ2n) is 5.50. The first-order valence-corrected chi connectivity index (χ1v) is 7.06. The normalized spacial score (nSPS) is 19.4. The fourth-order valence-corrected chi connectivity index (χ4v) is 2.63. The van der Waals surface area contributed by atoms with Gasteiger partial charge < -0.3 is 10.6 Å². The summed E-state index contributed by atoms with van der Waals surface area (Å²) in [5.41, 5.74) is 2.20. The molecule has 1 saturated heterocycles. The van der Waals surface area contributed by atoms with Crippen molar-refractivity contribution in [3.8, 4) is 0 Å². The molecule has 2 atom stereocenters. The number of rotatable bonds is 5. The van der Waals surface area contributed by atoms with Gasteiger partial charge in [0.1, 0.15) is 0 Å². The van der Waals surface area contributed by atoms with E-state index in [4.69, 9.17) is 0 Å². The quantitative estimate of drug-likeness (QED) is 0.870. The van der Waals surface area contributed by atoms with Crippen molar-refractivity contribution >= 4 is 18.3 Å². The van der Waals surface area contributed by atoms with E-state index in [2.05, 4.69) is 15.7 Å². The molecule has 1 amide bonds. The van der Waals surface area contributed by atoms with Crippen LogP contribution in [0.5, 0.6) is 0 Å². The highest BCUT2D eigenvalue weighted by Gasteiger charge is 2.18. The number of aryl methyl sites for hydroxylation is 1. The zero-order valence-corrected chi connectivity index (χ0v) is 13.3. The average Bonchev–Trinajstić information content (AvgIpc) is 2.98. The lowest BCUT2D eigenvalue weighted by molar-refractivity contribution is -0.122. The molecule has 0 saturated carbocycles. The highest BCUT2D eigenvalue weighted by Crippen LogP contribution is 2.17. The van der Waals surface area contributed by atoms with Crippen molar-refractivity contribution in [3.63, 3.8) is 0 Å². The first-order chi connectivity index (χ1) is 9.08. The molecule has 0 bridgehead atoms. The Kier molecular flexibility index (Phi) is 6.49. The van der Waals surface area contributed by atoms with Crippen molar-refractivity contribution < 1.29 is 4.79 Å². The van der Waals surface area contributed by atoms with Gasteiger partial charge in [0.15, 0.2) is 0 Å². The van der Waals surface area contributed by atoms with Gasteiger partial charge in [-0.1, -0.05) is 0 Å². The lowest BCUT2D eigenvalue weighted by Crippen LogP contribution is -2.27. The Morgan fingerprint density at radius 2 is 2.40 bits per heavy atom. The maximum Gasteiger partial charge on any atom is 0.220 e. The van der Waals surface area contributed by atoms with Gasteiger partial charge in [-0.2, -0.15) is 5.10 Å². The first-order valence-electron chi connectivity index (χ1n) is 7.06. The number of carbonyl (C=O) groups excluding carboxylic acids is 1. The predicted octanol–water partition coefficient (Wildman–Crippen LogP) is 1.72. The third kappa shape index (κ3) is 4.21. The molecule has 1 fully saturated rings. The number of carbonyl (C=O) groups is 1. The van der Waals surface area contributed by atoms with Crippen molar-refractivity contribution in [1.82, 2.24) is 20.4 Å². The summed E-state index contributed by atoms with van der Waals surface area (Å²) in [7, 11) is 1.92. The number of halogens is 1. The monoisotopic (exact) mass is 300 g/mol. The Bertz CT molecular complexity index is 440. The molecule has 0 aliphatic carbocycles. The molecule has 1 aromatic heterocycles. The number of nitrogens with one attached hydrogen (secondary N) is 2. The molecule has 6 heteroatoms. The van der Waals surface area contributed by atoms with Crippen LogP contribution >= 0.6 is 12.4 Å². The van der Waals surface area contributed by atoms with Crippen LogP contribution in [-0.2, 0) is 11.8 Å². The summed E-state index contributed by atoms with van der Waals surface area (Å²) in [6, 6.07) is 0.0305. The van der Waals surface area contributed by atoms with Crippen LogP contribution in [-0.4, -0.2) is 28.8 Å². The minimum atomic E-state index is 0. The summed E-state index contributed by atoms with van der Waals surface area (Å²) >= 11 is 0. The number of hydrogen-bond acceptors (Lipinski definition) is 3. The molecule has 2 N–H and O–H groups in total. The Labute approximate surface area is 126 Å². The van der Waals surface area contributed by atoms with E-state index in [-0.39, 0.29) is 24.4 Å². The van der Waals surface area contributed by atoms with E-state index in [1.807, 2.05) is 31.8 Å². The zero-order chi connectivity index (χ0) is 13.8. The van der Waals surface area contributed by atoms with E-state index in [0.717, 1.165) is 30.8 Å². The first kappa shape index (κ1) is 17.0. The van der Waals surface area contributed by atoms with Gasteiger partial charge in [-0.15, -0.1) is 12.4 Å². The standard InChI is InChI=1S/C14H24N4O.ClH/c1-10(13-9-16-18(3)11(13)2)17-14(19)5-4-12-6-7-15-8-12;/h9-10,12,15H,4-8H2,1-3H3,(H,17,19);1H. The third-order valence-electron chi connectivity index (χ3n) is 4.06. The van der Waals surface area contributed by atoms with Gasteiger partial charge in [-0.05, 0) is 45.7 Å². The fraction of sp³-hybridized carbons (Fsp3) is 0.714. The highest BCUT2D eigenvalue weighted by atomic mass is 35.5. The van der Waals surface area contributed by atoms with Gasteiger partial charge in [0.05, 0.1) is 12.2 Å². The maximum atomic E-state index is 11.9. The summed E-state index contributed by atoms with van der Waals surface area (Å²) < 4.78 is 1.84. The molecule has 0 spiro atoms. The van der Waals surface area contributed by atoms with Gasteiger partial charge in [-0.3, -0.25) is 9.48 Å². The van der Waals surface area contributed by atoms with Crippen LogP contribution in [0.2, 0.25) is 0 Å². The van der Waals surface area contributed by atoms with Crippen LogP contribution in [0.25, 0.3) is 0 Å². The zero-order valence-electron chi connectivity index (χ0n) is 12.5. The van der Waals surface area contributed by atoms with E-state index < -0.39 is 0 Å². The Morgan fingerprint density at radius 3 is 2.95 bits per heavy atom. The van der Waals surface area contributed by atoms with Crippen LogP contribution in [0.3, 0.4) is 0 Å². The third-order valence-corrected chi connectivity index (χ3v) is 4.06. The Balaban J connectivity index is 0.00000200. The highest BCUT2D eigenvalue weighted by molar-refractivity contribution is 5.85. The molecule has 2 heterocycles. The molecule has 2 rings (SSSR count). The second-order valence-corrected chi connectivity index (χ2v) is 5.50. The topological polar surface area (TPSA) is 59.0 Å². The van der Waals surface area contributed by atoms with Crippen LogP contribution in [0.15, 0.2) is 6.20 Å². The largest absolute Gasteiger partial charge is 0.349 e. The predicted molar refractivity (Wildman–Crippen MR) is 82.0 cm³/mol. The number of nitrogens with zero attached hydrogens (tertiary/aromatic N) is 2. The van der Waals surface area contributed by atoms with Gasteiger partial charge in [0.2, 0.25) is 5.91 Å². The number of hydrogen-bond donors (Lipinski definition) is 2. The van der Waals surface area contributed by atoms with E-state index in [1.165, 1.54) is 6.42 Å². The van der Waals surface area contributed by atoms with Crippen LogP contribution in [0.1, 0.15) is 43.5 Å².